The molecule has 1 saturated heterocycles. The van der Waals surface area contributed by atoms with Crippen LogP contribution in [0.25, 0.3) is 0 Å². The minimum atomic E-state index is -0.148. The number of ether oxygens (including phenoxy) is 1. The topological polar surface area (TPSA) is 32.7 Å². The molecule has 4 heteroatoms. The maximum absolute atomic E-state index is 10.2. The van der Waals surface area contributed by atoms with E-state index < -0.39 is 0 Å². The Balaban J connectivity index is 1.56. The Kier molecular flexibility index (Phi) is 4.18. The Morgan fingerprint density at radius 1 is 1.40 bits per heavy atom. The summed E-state index contributed by atoms with van der Waals surface area (Å²) in [5, 5.41) is 10.2. The van der Waals surface area contributed by atoms with Crippen molar-refractivity contribution in [3.05, 3.63) is 21.9 Å². The third kappa shape index (κ3) is 2.54. The molecule has 1 N–H and O–H groups in total. The van der Waals surface area contributed by atoms with Crippen molar-refractivity contribution in [2.45, 2.75) is 51.9 Å². The zero-order chi connectivity index (χ0) is 14.2. The minimum absolute atomic E-state index is 0.0534. The fraction of sp³-hybridized carbons (Fsp3) is 0.750. The van der Waals surface area contributed by atoms with Crippen molar-refractivity contribution in [1.29, 1.82) is 0 Å². The average Bonchev–Trinajstić information content (AvgIpc) is 2.85. The molecule has 1 aromatic rings. The molecule has 0 radical (unpaired) electrons. The van der Waals surface area contributed by atoms with Gasteiger partial charge in [-0.05, 0) is 51.9 Å². The van der Waals surface area contributed by atoms with Crippen molar-refractivity contribution >= 4 is 11.3 Å². The summed E-state index contributed by atoms with van der Waals surface area (Å²) in [7, 11) is 0. The molecule has 0 bridgehead atoms. The predicted octanol–water partition coefficient (Wildman–Crippen LogP) is 2.81. The van der Waals surface area contributed by atoms with Gasteiger partial charge in [0.1, 0.15) is 0 Å². The summed E-state index contributed by atoms with van der Waals surface area (Å²) in [4.78, 5) is 5.36. The van der Waals surface area contributed by atoms with Crippen molar-refractivity contribution in [2.75, 3.05) is 19.7 Å². The van der Waals surface area contributed by atoms with Crippen LogP contribution in [-0.4, -0.2) is 41.9 Å². The molecule has 1 aliphatic carbocycles. The van der Waals surface area contributed by atoms with Crippen LogP contribution in [0.1, 0.15) is 35.9 Å². The van der Waals surface area contributed by atoms with Crippen molar-refractivity contribution in [1.82, 2.24) is 4.90 Å². The molecule has 20 heavy (non-hydrogen) atoms. The molecule has 1 saturated carbocycles. The van der Waals surface area contributed by atoms with Crippen LogP contribution in [0.15, 0.2) is 12.1 Å². The van der Waals surface area contributed by atoms with Gasteiger partial charge in [0.05, 0.1) is 12.2 Å². The number of hydrogen-bond acceptors (Lipinski definition) is 4. The van der Waals surface area contributed by atoms with E-state index >= 15 is 0 Å². The molecular weight excluding hydrogens is 270 g/mol. The molecule has 1 spiro atoms. The summed E-state index contributed by atoms with van der Waals surface area (Å²) >= 11 is 1.89. The van der Waals surface area contributed by atoms with Gasteiger partial charge in [-0.3, -0.25) is 4.90 Å². The zero-order valence-corrected chi connectivity index (χ0v) is 13.3. The molecule has 1 aliphatic heterocycles. The highest BCUT2D eigenvalue weighted by Crippen LogP contribution is 2.51. The average molecular weight is 295 g/mol. The number of aliphatic hydroxyl groups is 1. The molecule has 0 aromatic carbocycles. The van der Waals surface area contributed by atoms with Crippen LogP contribution in [-0.2, 0) is 11.3 Å². The number of hydrogen-bond donors (Lipinski definition) is 1. The standard InChI is InChI=1S/C16H25NO2S/c1-3-19-15-10-14(18)16(15)6-8-17(9-7-16)11-13-5-4-12(2)20-13/h4-5,14-15,18H,3,6-11H2,1-2H3/t14-,15+/m0/s1. The van der Waals surface area contributed by atoms with Gasteiger partial charge in [0.15, 0.2) is 0 Å². The summed E-state index contributed by atoms with van der Waals surface area (Å²) in [6.45, 7) is 8.19. The van der Waals surface area contributed by atoms with Crippen molar-refractivity contribution in [2.24, 2.45) is 5.41 Å². The first kappa shape index (κ1) is 14.5. The molecule has 112 valence electrons. The Morgan fingerprint density at radius 3 is 2.70 bits per heavy atom. The van der Waals surface area contributed by atoms with E-state index in [0.29, 0.717) is 0 Å². The van der Waals surface area contributed by atoms with E-state index in [1.807, 2.05) is 18.3 Å². The van der Waals surface area contributed by atoms with Gasteiger partial charge in [-0.25, -0.2) is 0 Å². The minimum Gasteiger partial charge on any atom is -0.392 e. The summed E-state index contributed by atoms with van der Waals surface area (Å²) < 4.78 is 5.82. The fourth-order valence-electron chi connectivity index (χ4n) is 3.73. The highest BCUT2D eigenvalue weighted by Gasteiger charge is 2.55. The van der Waals surface area contributed by atoms with Crippen LogP contribution in [0.4, 0.5) is 0 Å². The third-order valence-corrected chi connectivity index (χ3v) is 6.06. The summed E-state index contributed by atoms with van der Waals surface area (Å²) in [5.74, 6) is 0. The molecule has 2 atom stereocenters. The van der Waals surface area contributed by atoms with E-state index in [2.05, 4.69) is 24.0 Å². The second-order valence-electron chi connectivity index (χ2n) is 6.22. The van der Waals surface area contributed by atoms with E-state index in [1.54, 1.807) is 0 Å². The van der Waals surface area contributed by atoms with Crippen molar-refractivity contribution in [3.8, 4) is 0 Å². The van der Waals surface area contributed by atoms with Crippen LogP contribution in [0.3, 0.4) is 0 Å². The number of likely N-dealkylation sites (tertiary alicyclic amines) is 1. The van der Waals surface area contributed by atoms with Crippen molar-refractivity contribution < 1.29 is 9.84 Å². The van der Waals surface area contributed by atoms with Gasteiger partial charge in [-0.1, -0.05) is 0 Å². The highest BCUT2D eigenvalue weighted by atomic mass is 32.1. The molecule has 2 aliphatic rings. The van der Waals surface area contributed by atoms with Gasteiger partial charge in [0.25, 0.3) is 0 Å². The Morgan fingerprint density at radius 2 is 2.15 bits per heavy atom. The normalized spacial score (nSPS) is 29.6. The first-order valence-corrected chi connectivity index (χ1v) is 8.53. The van der Waals surface area contributed by atoms with Crippen LogP contribution >= 0.6 is 11.3 Å². The zero-order valence-electron chi connectivity index (χ0n) is 12.5. The van der Waals surface area contributed by atoms with Gasteiger partial charge in [0, 0.05) is 34.7 Å². The van der Waals surface area contributed by atoms with Crippen molar-refractivity contribution in [3.63, 3.8) is 0 Å². The lowest BCUT2D eigenvalue weighted by Crippen LogP contribution is -2.62. The van der Waals surface area contributed by atoms with Crippen LogP contribution in [0.5, 0.6) is 0 Å². The predicted molar refractivity (Wildman–Crippen MR) is 82.0 cm³/mol. The summed E-state index contributed by atoms with van der Waals surface area (Å²) in [6, 6.07) is 4.44. The Bertz CT molecular complexity index is 449. The first-order chi connectivity index (χ1) is 9.64. The first-order valence-electron chi connectivity index (χ1n) is 7.71. The SMILES string of the molecule is CCO[C@@H]1C[C@H](O)C12CCN(Cc1ccc(C)s1)CC2. The number of nitrogens with zero attached hydrogens (tertiary/aromatic N) is 1. The lowest BCUT2D eigenvalue weighted by molar-refractivity contribution is -0.209. The molecule has 0 unspecified atom stereocenters. The number of piperidine rings is 1. The molecule has 3 nitrogen and oxygen atoms in total. The number of rotatable bonds is 4. The monoisotopic (exact) mass is 295 g/mol. The van der Waals surface area contributed by atoms with Gasteiger partial charge in [0.2, 0.25) is 0 Å². The lowest BCUT2D eigenvalue weighted by atomic mass is 9.58. The van der Waals surface area contributed by atoms with Gasteiger partial charge in [-0.15, -0.1) is 11.3 Å². The molecule has 1 aromatic heterocycles. The second kappa shape index (κ2) is 5.76. The van der Waals surface area contributed by atoms with Crippen LogP contribution in [0.2, 0.25) is 0 Å². The highest BCUT2D eigenvalue weighted by molar-refractivity contribution is 7.11. The molecular formula is C16H25NO2S. The Hall–Kier alpha value is -0.420. The van der Waals surface area contributed by atoms with Crippen LogP contribution in [0, 0.1) is 12.3 Å². The fourth-order valence-corrected chi connectivity index (χ4v) is 4.67. The molecule has 2 heterocycles. The number of aryl methyl sites for hydroxylation is 1. The van der Waals surface area contributed by atoms with Crippen LogP contribution < -0.4 is 0 Å². The summed E-state index contributed by atoms with van der Waals surface area (Å²) in [6.07, 6.45) is 3.11. The number of aliphatic hydroxyl groups excluding tert-OH is 1. The quantitative estimate of drug-likeness (QED) is 0.927. The maximum atomic E-state index is 10.2. The third-order valence-electron chi connectivity index (χ3n) is 5.07. The Labute approximate surface area is 125 Å². The summed E-state index contributed by atoms with van der Waals surface area (Å²) in [5.41, 5.74) is 0.0534. The smallest absolute Gasteiger partial charge is 0.0681 e. The lowest BCUT2D eigenvalue weighted by Gasteiger charge is -2.56. The van der Waals surface area contributed by atoms with E-state index in [0.717, 1.165) is 45.5 Å². The number of thiophene rings is 1. The van der Waals surface area contributed by atoms with E-state index in [9.17, 15) is 5.11 Å². The largest absolute Gasteiger partial charge is 0.392 e. The van der Waals surface area contributed by atoms with E-state index in [-0.39, 0.29) is 17.6 Å². The van der Waals surface area contributed by atoms with Gasteiger partial charge in [-0.2, -0.15) is 0 Å². The maximum Gasteiger partial charge on any atom is 0.0681 e. The van der Waals surface area contributed by atoms with E-state index in [4.69, 9.17) is 4.74 Å². The molecule has 3 rings (SSSR count). The van der Waals surface area contributed by atoms with Gasteiger partial charge >= 0.3 is 0 Å². The van der Waals surface area contributed by atoms with Gasteiger partial charge < -0.3 is 9.84 Å². The van der Waals surface area contributed by atoms with E-state index in [1.165, 1.54) is 9.75 Å². The second-order valence-corrected chi connectivity index (χ2v) is 7.59. The molecule has 2 fully saturated rings. The molecule has 0 amide bonds.